The number of aliphatic hydroxyl groups is 1. The van der Waals surface area contributed by atoms with E-state index in [-0.39, 0.29) is 43.2 Å². The molecule has 0 bridgehead atoms. The summed E-state index contributed by atoms with van der Waals surface area (Å²) in [4.78, 5) is 0. The van der Waals surface area contributed by atoms with Gasteiger partial charge in [0, 0.05) is 6.61 Å². The zero-order valence-electron chi connectivity index (χ0n) is 36.6. The van der Waals surface area contributed by atoms with E-state index in [1.165, 1.54) is 77.0 Å². The standard InChI is InChI=1S/C43H88O12/c1-8-9-10-11-12-13-14-15-16-17-18-19-20-22-49-32-38(2)51-34-40(4)53-36-42(6)55-37-43(7)54-35-41(5)52-33-39(3)50-31-30-48-29-28-47-27-26-46-25-24-45-23-21-44/h38-44H,8-37H2,1-7H3. The van der Waals surface area contributed by atoms with Crippen molar-refractivity contribution < 1.29 is 57.2 Å². The van der Waals surface area contributed by atoms with Crippen LogP contribution in [0.5, 0.6) is 0 Å². The molecule has 0 aliphatic carbocycles. The van der Waals surface area contributed by atoms with Gasteiger partial charge in [-0.1, -0.05) is 84.0 Å². The SMILES string of the molecule is CCCCCCCCCCCCCCCOCC(C)OCC(C)OCC(C)OCC(C)OCC(C)OCC(C)OCCOCCOCCOCCOCCO. The molecule has 0 aromatic rings. The molecule has 0 amide bonds. The van der Waals surface area contributed by atoms with E-state index in [2.05, 4.69) is 13.8 Å². The average molecular weight is 797 g/mol. The van der Waals surface area contributed by atoms with E-state index < -0.39 is 0 Å². The molecule has 332 valence electrons. The number of hydrogen-bond acceptors (Lipinski definition) is 12. The largest absolute Gasteiger partial charge is 0.394 e. The van der Waals surface area contributed by atoms with Crippen LogP contribution in [-0.4, -0.2) is 154 Å². The van der Waals surface area contributed by atoms with Gasteiger partial charge in [0.25, 0.3) is 0 Å². The molecule has 0 radical (unpaired) electrons. The molecule has 1 N–H and O–H groups in total. The van der Waals surface area contributed by atoms with Gasteiger partial charge in [-0.2, -0.15) is 0 Å². The molecule has 6 unspecified atom stereocenters. The van der Waals surface area contributed by atoms with E-state index in [0.29, 0.717) is 99.1 Å². The first-order valence-corrected chi connectivity index (χ1v) is 22.0. The second-order valence-corrected chi connectivity index (χ2v) is 14.9. The highest BCUT2D eigenvalue weighted by Crippen LogP contribution is 2.13. The second kappa shape index (κ2) is 43.1. The van der Waals surface area contributed by atoms with Gasteiger partial charge in [0.05, 0.1) is 142 Å². The smallest absolute Gasteiger partial charge is 0.0781 e. The molecule has 0 fully saturated rings. The van der Waals surface area contributed by atoms with Gasteiger partial charge < -0.3 is 57.2 Å². The van der Waals surface area contributed by atoms with Crippen LogP contribution in [0.1, 0.15) is 132 Å². The molecule has 0 aliphatic rings. The Morgan fingerprint density at radius 1 is 0.291 bits per heavy atom. The molecular weight excluding hydrogens is 708 g/mol. The van der Waals surface area contributed by atoms with E-state index in [1.54, 1.807) is 0 Å². The van der Waals surface area contributed by atoms with Crippen LogP contribution in [0.4, 0.5) is 0 Å². The lowest BCUT2D eigenvalue weighted by Crippen LogP contribution is -2.30. The maximum atomic E-state index is 8.63. The number of unbranched alkanes of at least 4 members (excludes halogenated alkanes) is 12. The van der Waals surface area contributed by atoms with Gasteiger partial charge in [0.15, 0.2) is 0 Å². The third-order valence-electron chi connectivity index (χ3n) is 8.80. The maximum absolute atomic E-state index is 8.63. The van der Waals surface area contributed by atoms with Crippen molar-refractivity contribution in [2.45, 2.75) is 169 Å². The Morgan fingerprint density at radius 3 is 0.945 bits per heavy atom. The molecule has 0 aliphatic heterocycles. The van der Waals surface area contributed by atoms with Gasteiger partial charge in [-0.3, -0.25) is 0 Å². The predicted molar refractivity (Wildman–Crippen MR) is 219 cm³/mol. The van der Waals surface area contributed by atoms with E-state index in [4.69, 9.17) is 57.2 Å². The van der Waals surface area contributed by atoms with E-state index in [1.807, 2.05) is 34.6 Å². The number of ether oxygens (including phenoxy) is 11. The zero-order chi connectivity index (χ0) is 40.5. The molecule has 0 rings (SSSR count). The lowest BCUT2D eigenvalue weighted by Gasteiger charge is -2.22. The minimum atomic E-state index is -0.0624. The van der Waals surface area contributed by atoms with Crippen molar-refractivity contribution in [2.75, 3.05) is 112 Å². The van der Waals surface area contributed by atoms with Crippen molar-refractivity contribution in [3.63, 3.8) is 0 Å². The van der Waals surface area contributed by atoms with Crippen molar-refractivity contribution in [3.8, 4) is 0 Å². The van der Waals surface area contributed by atoms with Crippen LogP contribution in [0, 0.1) is 0 Å². The summed E-state index contributed by atoms with van der Waals surface area (Å²) in [6, 6.07) is 0. The second-order valence-electron chi connectivity index (χ2n) is 14.9. The Bertz CT molecular complexity index is 736. The Hall–Kier alpha value is -0.480. The van der Waals surface area contributed by atoms with Crippen molar-refractivity contribution in [1.29, 1.82) is 0 Å². The summed E-state index contributed by atoms with van der Waals surface area (Å²) in [6.45, 7) is 22.6. The molecule has 0 heterocycles. The first-order chi connectivity index (χ1) is 26.8. The van der Waals surface area contributed by atoms with Crippen LogP contribution in [0.25, 0.3) is 0 Å². The Labute approximate surface area is 337 Å². The van der Waals surface area contributed by atoms with E-state index in [9.17, 15) is 0 Å². The van der Waals surface area contributed by atoms with Crippen molar-refractivity contribution in [3.05, 3.63) is 0 Å². The molecule has 0 saturated carbocycles. The first-order valence-electron chi connectivity index (χ1n) is 22.0. The molecule has 55 heavy (non-hydrogen) atoms. The minimum absolute atomic E-state index is 0.0216. The lowest BCUT2D eigenvalue weighted by atomic mass is 10.0. The summed E-state index contributed by atoms with van der Waals surface area (Å²) in [5.41, 5.74) is 0. The summed E-state index contributed by atoms with van der Waals surface area (Å²) in [6.07, 6.45) is 17.5. The highest BCUT2D eigenvalue weighted by atomic mass is 16.6. The quantitative estimate of drug-likeness (QED) is 0.0612. The van der Waals surface area contributed by atoms with Gasteiger partial charge in [0.2, 0.25) is 0 Å². The van der Waals surface area contributed by atoms with Crippen LogP contribution in [0.2, 0.25) is 0 Å². The van der Waals surface area contributed by atoms with Gasteiger partial charge in [0.1, 0.15) is 0 Å². The van der Waals surface area contributed by atoms with Crippen LogP contribution in [0.15, 0.2) is 0 Å². The Kier molecular flexibility index (Phi) is 42.7. The monoisotopic (exact) mass is 797 g/mol. The third-order valence-corrected chi connectivity index (χ3v) is 8.80. The molecule has 12 nitrogen and oxygen atoms in total. The third kappa shape index (κ3) is 42.9. The predicted octanol–water partition coefficient (Wildman–Crippen LogP) is 7.58. The number of hydrogen-bond donors (Lipinski definition) is 1. The highest BCUT2D eigenvalue weighted by Gasteiger charge is 2.14. The van der Waals surface area contributed by atoms with Crippen LogP contribution >= 0.6 is 0 Å². The summed E-state index contributed by atoms with van der Waals surface area (Å²) in [5, 5.41) is 8.63. The maximum Gasteiger partial charge on any atom is 0.0781 e. The lowest BCUT2D eigenvalue weighted by molar-refractivity contribution is -0.105. The highest BCUT2D eigenvalue weighted by molar-refractivity contribution is 4.59. The summed E-state index contributed by atoms with van der Waals surface area (Å²) in [5.74, 6) is 0. The fourth-order valence-electron chi connectivity index (χ4n) is 5.39. The van der Waals surface area contributed by atoms with Gasteiger partial charge in [-0.25, -0.2) is 0 Å². The number of rotatable bonds is 46. The minimum Gasteiger partial charge on any atom is -0.394 e. The summed E-state index contributed by atoms with van der Waals surface area (Å²) in [7, 11) is 0. The Balaban J connectivity index is 3.60. The molecule has 0 aromatic heterocycles. The topological polar surface area (TPSA) is 122 Å². The molecule has 0 aromatic carbocycles. The van der Waals surface area contributed by atoms with E-state index in [0.717, 1.165) is 13.0 Å². The van der Waals surface area contributed by atoms with Crippen molar-refractivity contribution in [1.82, 2.24) is 0 Å². The molecule has 0 saturated heterocycles. The van der Waals surface area contributed by atoms with Crippen LogP contribution < -0.4 is 0 Å². The van der Waals surface area contributed by atoms with Crippen molar-refractivity contribution in [2.24, 2.45) is 0 Å². The summed E-state index contributed by atoms with van der Waals surface area (Å²) < 4.78 is 62.8. The van der Waals surface area contributed by atoms with Gasteiger partial charge >= 0.3 is 0 Å². The fraction of sp³-hybridized carbons (Fsp3) is 1.00. The molecular formula is C43H88O12. The van der Waals surface area contributed by atoms with E-state index >= 15 is 0 Å². The van der Waals surface area contributed by atoms with Crippen LogP contribution in [0.3, 0.4) is 0 Å². The summed E-state index contributed by atoms with van der Waals surface area (Å²) >= 11 is 0. The molecule has 0 spiro atoms. The van der Waals surface area contributed by atoms with Crippen LogP contribution in [-0.2, 0) is 52.1 Å². The zero-order valence-corrected chi connectivity index (χ0v) is 36.6. The Morgan fingerprint density at radius 2 is 0.582 bits per heavy atom. The van der Waals surface area contributed by atoms with Gasteiger partial charge in [-0.05, 0) is 48.0 Å². The number of aliphatic hydroxyl groups excluding tert-OH is 1. The molecule has 12 heteroatoms. The molecule has 6 atom stereocenters. The fourth-order valence-corrected chi connectivity index (χ4v) is 5.39. The first kappa shape index (κ1) is 54.5. The van der Waals surface area contributed by atoms with Gasteiger partial charge in [-0.15, -0.1) is 0 Å². The normalized spacial score (nSPS) is 15.3. The van der Waals surface area contributed by atoms with Crippen molar-refractivity contribution >= 4 is 0 Å². The average Bonchev–Trinajstić information content (AvgIpc) is 3.18.